The zero-order chi connectivity index (χ0) is 12.5. The largest absolute Gasteiger partial charge is 0.329 e. The summed E-state index contributed by atoms with van der Waals surface area (Å²) in [5.74, 6) is 1.07. The molecule has 1 amide bonds. The number of hydrogen-bond donors (Lipinski definition) is 1. The summed E-state index contributed by atoms with van der Waals surface area (Å²) in [5, 5.41) is 0. The van der Waals surface area contributed by atoms with E-state index in [1.807, 2.05) is 36.9 Å². The average molecular weight is 250 g/mol. The number of amides is 1. The Bertz CT molecular complexity index is 431. The van der Waals surface area contributed by atoms with Gasteiger partial charge >= 0.3 is 0 Å². The molecule has 0 bridgehead atoms. The molecule has 1 aromatic rings. The molecule has 1 heterocycles. The van der Waals surface area contributed by atoms with Crippen molar-refractivity contribution >= 4 is 23.4 Å². The van der Waals surface area contributed by atoms with Crippen molar-refractivity contribution < 1.29 is 4.79 Å². The second kappa shape index (κ2) is 4.70. The SMILES string of the molecule is CC(C)(CN)C(=O)N1CCSc2ccccc21. The van der Waals surface area contributed by atoms with Crippen LogP contribution in [0.5, 0.6) is 0 Å². The molecule has 1 aliphatic rings. The highest BCUT2D eigenvalue weighted by atomic mass is 32.2. The summed E-state index contributed by atoms with van der Waals surface area (Å²) in [6.45, 7) is 4.95. The first-order valence-corrected chi connectivity index (χ1v) is 6.79. The first-order chi connectivity index (χ1) is 8.06. The van der Waals surface area contributed by atoms with E-state index >= 15 is 0 Å². The lowest BCUT2D eigenvalue weighted by Crippen LogP contribution is -2.46. The lowest BCUT2D eigenvalue weighted by Gasteiger charge is -2.34. The maximum absolute atomic E-state index is 12.5. The van der Waals surface area contributed by atoms with Crippen molar-refractivity contribution in [3.8, 4) is 0 Å². The maximum atomic E-state index is 12.5. The smallest absolute Gasteiger partial charge is 0.233 e. The van der Waals surface area contributed by atoms with Crippen molar-refractivity contribution in [2.24, 2.45) is 11.1 Å². The highest BCUT2D eigenvalue weighted by Crippen LogP contribution is 2.36. The van der Waals surface area contributed by atoms with Gasteiger partial charge in [-0.1, -0.05) is 12.1 Å². The molecule has 0 unspecified atom stereocenters. The Morgan fingerprint density at radius 1 is 1.47 bits per heavy atom. The number of fused-ring (bicyclic) bond motifs is 1. The first kappa shape index (κ1) is 12.5. The molecular weight excluding hydrogens is 232 g/mol. The van der Waals surface area contributed by atoms with Gasteiger partial charge in [-0.05, 0) is 26.0 Å². The van der Waals surface area contributed by atoms with E-state index in [1.54, 1.807) is 11.8 Å². The molecule has 3 nitrogen and oxygen atoms in total. The lowest BCUT2D eigenvalue weighted by atomic mass is 9.91. The van der Waals surface area contributed by atoms with E-state index < -0.39 is 5.41 Å². The Morgan fingerprint density at radius 3 is 2.88 bits per heavy atom. The molecule has 17 heavy (non-hydrogen) atoms. The predicted octanol–water partition coefficient (Wildman–Crippen LogP) is 2.11. The molecule has 0 saturated heterocycles. The molecule has 0 radical (unpaired) electrons. The first-order valence-electron chi connectivity index (χ1n) is 5.80. The van der Waals surface area contributed by atoms with Crippen LogP contribution in [-0.2, 0) is 4.79 Å². The molecule has 0 saturated carbocycles. The predicted molar refractivity (Wildman–Crippen MR) is 72.4 cm³/mol. The van der Waals surface area contributed by atoms with Crippen LogP contribution in [0, 0.1) is 5.41 Å². The van der Waals surface area contributed by atoms with Crippen molar-refractivity contribution in [1.29, 1.82) is 0 Å². The Labute approximate surface area is 106 Å². The van der Waals surface area contributed by atoms with Gasteiger partial charge in [0.1, 0.15) is 0 Å². The van der Waals surface area contributed by atoms with Gasteiger partial charge in [0.25, 0.3) is 0 Å². The Kier molecular flexibility index (Phi) is 3.45. The zero-order valence-electron chi connectivity index (χ0n) is 10.3. The van der Waals surface area contributed by atoms with Gasteiger partial charge in [-0.25, -0.2) is 0 Å². The molecule has 1 aromatic carbocycles. The van der Waals surface area contributed by atoms with E-state index in [-0.39, 0.29) is 5.91 Å². The molecule has 0 atom stereocenters. The maximum Gasteiger partial charge on any atom is 0.233 e. The number of rotatable bonds is 2. The van der Waals surface area contributed by atoms with Crippen LogP contribution in [0.15, 0.2) is 29.2 Å². The van der Waals surface area contributed by atoms with E-state index in [9.17, 15) is 4.79 Å². The minimum absolute atomic E-state index is 0.118. The van der Waals surface area contributed by atoms with Gasteiger partial charge in [-0.3, -0.25) is 4.79 Å². The molecule has 0 fully saturated rings. The topological polar surface area (TPSA) is 46.3 Å². The van der Waals surface area contributed by atoms with E-state index in [0.29, 0.717) is 6.54 Å². The second-order valence-electron chi connectivity index (χ2n) is 4.86. The molecular formula is C13H18N2OS. The van der Waals surface area contributed by atoms with Crippen molar-refractivity contribution in [1.82, 2.24) is 0 Å². The second-order valence-corrected chi connectivity index (χ2v) is 6.00. The standard InChI is InChI=1S/C13H18N2OS/c1-13(2,9-14)12(16)15-7-8-17-11-6-4-3-5-10(11)15/h3-6H,7-9,14H2,1-2H3. The molecule has 0 aromatic heterocycles. The third-order valence-corrected chi connectivity index (χ3v) is 4.11. The van der Waals surface area contributed by atoms with Crippen LogP contribution in [0.25, 0.3) is 0 Å². The fourth-order valence-electron chi connectivity index (χ4n) is 1.83. The van der Waals surface area contributed by atoms with E-state index in [1.165, 1.54) is 4.90 Å². The summed E-state index contributed by atoms with van der Waals surface area (Å²) in [7, 11) is 0. The normalized spacial score (nSPS) is 15.6. The van der Waals surface area contributed by atoms with Gasteiger partial charge in [0.2, 0.25) is 5.91 Å². The van der Waals surface area contributed by atoms with Crippen LogP contribution >= 0.6 is 11.8 Å². The summed E-state index contributed by atoms with van der Waals surface area (Å²) >= 11 is 1.80. The van der Waals surface area contributed by atoms with Gasteiger partial charge < -0.3 is 10.6 Å². The van der Waals surface area contributed by atoms with E-state index in [4.69, 9.17) is 5.73 Å². The number of nitrogens with zero attached hydrogens (tertiary/aromatic N) is 1. The molecule has 2 N–H and O–H groups in total. The molecule has 0 spiro atoms. The van der Waals surface area contributed by atoms with Gasteiger partial charge in [0.05, 0.1) is 11.1 Å². The Balaban J connectivity index is 2.33. The van der Waals surface area contributed by atoms with Gasteiger partial charge in [0, 0.05) is 23.7 Å². The molecule has 1 aliphatic heterocycles. The molecule has 4 heteroatoms. The van der Waals surface area contributed by atoms with E-state index in [2.05, 4.69) is 6.07 Å². The van der Waals surface area contributed by atoms with Crippen LogP contribution in [-0.4, -0.2) is 24.7 Å². The third kappa shape index (κ3) is 2.33. The monoisotopic (exact) mass is 250 g/mol. The molecule has 0 aliphatic carbocycles. The third-order valence-electron chi connectivity index (χ3n) is 3.06. The minimum atomic E-state index is -0.491. The van der Waals surface area contributed by atoms with Crippen LogP contribution in [0.3, 0.4) is 0 Å². The van der Waals surface area contributed by atoms with Crippen LogP contribution in [0.4, 0.5) is 5.69 Å². The van der Waals surface area contributed by atoms with Gasteiger partial charge in [-0.2, -0.15) is 0 Å². The Hall–Kier alpha value is -1.00. The summed E-state index contributed by atoms with van der Waals surface area (Å²) < 4.78 is 0. The fourth-order valence-corrected chi connectivity index (χ4v) is 2.83. The molecule has 2 rings (SSSR count). The summed E-state index contributed by atoms with van der Waals surface area (Å²) in [4.78, 5) is 15.5. The Morgan fingerprint density at radius 2 is 2.18 bits per heavy atom. The van der Waals surface area contributed by atoms with Crippen LogP contribution in [0.2, 0.25) is 0 Å². The highest BCUT2D eigenvalue weighted by Gasteiger charge is 2.33. The number of nitrogens with two attached hydrogens (primary N) is 1. The number of anilines is 1. The summed E-state index contributed by atoms with van der Waals surface area (Å²) in [6, 6.07) is 8.05. The average Bonchev–Trinajstić information content (AvgIpc) is 2.37. The highest BCUT2D eigenvalue weighted by molar-refractivity contribution is 7.99. The quantitative estimate of drug-likeness (QED) is 0.874. The van der Waals surface area contributed by atoms with Crippen molar-refractivity contribution in [2.75, 3.05) is 23.7 Å². The van der Waals surface area contributed by atoms with Crippen LogP contribution in [0.1, 0.15) is 13.8 Å². The number of carbonyl (C=O) groups is 1. The number of hydrogen-bond acceptors (Lipinski definition) is 3. The van der Waals surface area contributed by atoms with Crippen molar-refractivity contribution in [3.63, 3.8) is 0 Å². The zero-order valence-corrected chi connectivity index (χ0v) is 11.1. The van der Waals surface area contributed by atoms with Gasteiger partial charge in [0.15, 0.2) is 0 Å². The lowest BCUT2D eigenvalue weighted by molar-refractivity contribution is -0.126. The number of benzene rings is 1. The van der Waals surface area contributed by atoms with Crippen molar-refractivity contribution in [2.45, 2.75) is 18.7 Å². The van der Waals surface area contributed by atoms with Crippen molar-refractivity contribution in [3.05, 3.63) is 24.3 Å². The number of carbonyl (C=O) groups excluding carboxylic acids is 1. The van der Waals surface area contributed by atoms with Gasteiger partial charge in [-0.15, -0.1) is 11.8 Å². The van der Waals surface area contributed by atoms with E-state index in [0.717, 1.165) is 18.0 Å². The number of para-hydroxylation sites is 1. The fraction of sp³-hybridized carbons (Fsp3) is 0.462. The minimum Gasteiger partial charge on any atom is -0.329 e. The molecule has 92 valence electrons. The number of thioether (sulfide) groups is 1. The van der Waals surface area contributed by atoms with Crippen LogP contribution < -0.4 is 10.6 Å². The summed E-state index contributed by atoms with van der Waals surface area (Å²) in [5.41, 5.74) is 6.21. The summed E-state index contributed by atoms with van der Waals surface area (Å²) in [6.07, 6.45) is 0.